The maximum Gasteiger partial charge on any atom is 0.257 e. The molecule has 1 amide bonds. The van der Waals surface area contributed by atoms with Gasteiger partial charge in [-0.15, -0.1) is 0 Å². The van der Waals surface area contributed by atoms with Gasteiger partial charge < -0.3 is 15.2 Å². The molecule has 0 aliphatic heterocycles. The number of hydrogen-bond acceptors (Lipinski definition) is 3. The molecular formula is C15H23NO3. The summed E-state index contributed by atoms with van der Waals surface area (Å²) in [6.45, 7) is 2.99. The first-order valence-corrected chi connectivity index (χ1v) is 6.85. The van der Waals surface area contributed by atoms with Crippen molar-refractivity contribution in [1.82, 2.24) is 5.32 Å². The lowest BCUT2D eigenvalue weighted by Gasteiger charge is -2.07. The topological polar surface area (TPSA) is 58.6 Å². The Morgan fingerprint density at radius 3 is 2.58 bits per heavy atom. The Balaban J connectivity index is 2.15. The molecule has 1 aromatic carbocycles. The molecule has 0 heterocycles. The Hall–Kier alpha value is -1.55. The largest absolute Gasteiger partial charge is 0.484 e. The van der Waals surface area contributed by atoms with E-state index in [1.165, 1.54) is 5.56 Å². The Morgan fingerprint density at radius 1 is 1.21 bits per heavy atom. The van der Waals surface area contributed by atoms with Crippen molar-refractivity contribution >= 4 is 5.91 Å². The van der Waals surface area contributed by atoms with Crippen LogP contribution < -0.4 is 10.1 Å². The lowest BCUT2D eigenvalue weighted by atomic mass is 10.2. The SMILES string of the molecule is CCc1ccc(OCC(=O)NCCCCCO)cc1. The molecule has 0 unspecified atom stereocenters. The number of aliphatic hydroxyl groups is 1. The third-order valence-corrected chi connectivity index (χ3v) is 2.86. The molecule has 0 radical (unpaired) electrons. The van der Waals surface area contributed by atoms with E-state index in [1.807, 2.05) is 24.3 Å². The highest BCUT2D eigenvalue weighted by Crippen LogP contribution is 2.12. The van der Waals surface area contributed by atoms with Crippen molar-refractivity contribution in [2.75, 3.05) is 19.8 Å². The van der Waals surface area contributed by atoms with E-state index in [0.717, 1.165) is 25.7 Å². The van der Waals surface area contributed by atoms with Gasteiger partial charge in [0.25, 0.3) is 5.91 Å². The molecule has 0 saturated heterocycles. The summed E-state index contributed by atoms with van der Waals surface area (Å²) in [6, 6.07) is 7.77. The predicted octanol–water partition coefficient (Wildman–Crippen LogP) is 1.91. The fraction of sp³-hybridized carbons (Fsp3) is 0.533. The summed E-state index contributed by atoms with van der Waals surface area (Å²) in [6.07, 6.45) is 3.60. The molecule has 4 nitrogen and oxygen atoms in total. The predicted molar refractivity (Wildman–Crippen MR) is 75.3 cm³/mol. The van der Waals surface area contributed by atoms with E-state index in [9.17, 15) is 4.79 Å². The van der Waals surface area contributed by atoms with Gasteiger partial charge in [0, 0.05) is 13.2 Å². The van der Waals surface area contributed by atoms with Crippen LogP contribution in [0.25, 0.3) is 0 Å². The number of nitrogens with one attached hydrogen (secondary N) is 1. The van der Waals surface area contributed by atoms with Crippen LogP contribution in [0.15, 0.2) is 24.3 Å². The van der Waals surface area contributed by atoms with E-state index >= 15 is 0 Å². The molecule has 106 valence electrons. The van der Waals surface area contributed by atoms with E-state index in [1.54, 1.807) is 0 Å². The number of aryl methyl sites for hydroxylation is 1. The van der Waals surface area contributed by atoms with Crippen LogP contribution in [0.4, 0.5) is 0 Å². The maximum absolute atomic E-state index is 11.5. The first kappa shape index (κ1) is 15.5. The number of hydrogen-bond donors (Lipinski definition) is 2. The van der Waals surface area contributed by atoms with Gasteiger partial charge in [-0.1, -0.05) is 19.1 Å². The molecule has 0 spiro atoms. The van der Waals surface area contributed by atoms with Crippen molar-refractivity contribution in [3.05, 3.63) is 29.8 Å². The van der Waals surface area contributed by atoms with Gasteiger partial charge in [0.1, 0.15) is 5.75 Å². The van der Waals surface area contributed by atoms with Gasteiger partial charge in [-0.3, -0.25) is 4.79 Å². The van der Waals surface area contributed by atoms with Crippen LogP contribution in [-0.4, -0.2) is 30.8 Å². The molecule has 1 aromatic rings. The van der Waals surface area contributed by atoms with E-state index in [2.05, 4.69) is 12.2 Å². The summed E-state index contributed by atoms with van der Waals surface area (Å²) in [5.41, 5.74) is 1.25. The number of unbranched alkanes of at least 4 members (excludes halogenated alkanes) is 2. The van der Waals surface area contributed by atoms with Crippen LogP contribution in [-0.2, 0) is 11.2 Å². The van der Waals surface area contributed by atoms with Crippen LogP contribution in [0.3, 0.4) is 0 Å². The molecule has 0 atom stereocenters. The Morgan fingerprint density at radius 2 is 1.95 bits per heavy atom. The smallest absolute Gasteiger partial charge is 0.257 e. The number of rotatable bonds is 9. The average molecular weight is 265 g/mol. The van der Waals surface area contributed by atoms with Gasteiger partial charge in [0.05, 0.1) is 0 Å². The van der Waals surface area contributed by atoms with Crippen molar-refractivity contribution in [3.8, 4) is 5.75 Å². The molecule has 0 bridgehead atoms. The summed E-state index contributed by atoms with van der Waals surface area (Å²) >= 11 is 0. The van der Waals surface area contributed by atoms with Crippen LogP contribution >= 0.6 is 0 Å². The molecular weight excluding hydrogens is 242 g/mol. The minimum absolute atomic E-state index is 0.0471. The van der Waals surface area contributed by atoms with Crippen LogP contribution in [0.2, 0.25) is 0 Å². The van der Waals surface area contributed by atoms with Crippen molar-refractivity contribution in [2.24, 2.45) is 0 Å². The molecule has 0 saturated carbocycles. The normalized spacial score (nSPS) is 10.2. The number of aliphatic hydroxyl groups excluding tert-OH is 1. The standard InChI is InChI=1S/C15H23NO3/c1-2-13-6-8-14(9-7-13)19-12-15(18)16-10-4-3-5-11-17/h6-9,17H,2-5,10-12H2,1H3,(H,16,18). The molecule has 0 aromatic heterocycles. The second-order valence-electron chi connectivity index (χ2n) is 4.42. The monoisotopic (exact) mass is 265 g/mol. The first-order chi connectivity index (χ1) is 9.26. The zero-order chi connectivity index (χ0) is 13.9. The van der Waals surface area contributed by atoms with Crippen molar-refractivity contribution in [3.63, 3.8) is 0 Å². The molecule has 0 aliphatic carbocycles. The number of amides is 1. The molecule has 0 aliphatic rings. The molecule has 2 N–H and O–H groups in total. The van der Waals surface area contributed by atoms with Crippen LogP contribution in [0, 0.1) is 0 Å². The van der Waals surface area contributed by atoms with Gasteiger partial charge in [-0.05, 0) is 43.4 Å². The van der Waals surface area contributed by atoms with Gasteiger partial charge >= 0.3 is 0 Å². The van der Waals surface area contributed by atoms with Gasteiger partial charge in [0.15, 0.2) is 6.61 Å². The van der Waals surface area contributed by atoms with Gasteiger partial charge in [-0.25, -0.2) is 0 Å². The van der Waals surface area contributed by atoms with E-state index in [0.29, 0.717) is 12.3 Å². The second-order valence-corrected chi connectivity index (χ2v) is 4.42. The van der Waals surface area contributed by atoms with Crippen molar-refractivity contribution in [1.29, 1.82) is 0 Å². The quantitative estimate of drug-likeness (QED) is 0.671. The summed E-state index contributed by atoms with van der Waals surface area (Å²) in [5.74, 6) is 0.608. The number of ether oxygens (including phenoxy) is 1. The lowest BCUT2D eigenvalue weighted by Crippen LogP contribution is -2.29. The third-order valence-electron chi connectivity index (χ3n) is 2.86. The molecule has 0 fully saturated rings. The Bertz CT molecular complexity index is 362. The van der Waals surface area contributed by atoms with Crippen molar-refractivity contribution in [2.45, 2.75) is 32.6 Å². The van der Waals surface area contributed by atoms with Crippen molar-refractivity contribution < 1.29 is 14.6 Å². The molecule has 19 heavy (non-hydrogen) atoms. The van der Waals surface area contributed by atoms with Crippen LogP contribution in [0.5, 0.6) is 5.75 Å². The second kappa shape index (κ2) is 9.39. The Labute approximate surface area is 114 Å². The van der Waals surface area contributed by atoms with E-state index in [-0.39, 0.29) is 19.1 Å². The van der Waals surface area contributed by atoms with E-state index in [4.69, 9.17) is 9.84 Å². The highest BCUT2D eigenvalue weighted by atomic mass is 16.5. The molecule has 4 heteroatoms. The minimum Gasteiger partial charge on any atom is -0.484 e. The zero-order valence-corrected chi connectivity index (χ0v) is 11.5. The summed E-state index contributed by atoms with van der Waals surface area (Å²) in [5, 5.41) is 11.4. The van der Waals surface area contributed by atoms with Crippen LogP contribution in [0.1, 0.15) is 31.7 Å². The summed E-state index contributed by atoms with van der Waals surface area (Å²) in [7, 11) is 0. The van der Waals surface area contributed by atoms with E-state index < -0.39 is 0 Å². The summed E-state index contributed by atoms with van der Waals surface area (Å²) in [4.78, 5) is 11.5. The number of carbonyl (C=O) groups excluding carboxylic acids is 1. The third kappa shape index (κ3) is 6.82. The highest BCUT2D eigenvalue weighted by Gasteiger charge is 2.02. The number of carbonyl (C=O) groups is 1. The fourth-order valence-corrected chi connectivity index (χ4v) is 1.66. The fourth-order valence-electron chi connectivity index (χ4n) is 1.66. The summed E-state index contributed by atoms with van der Waals surface area (Å²) < 4.78 is 5.39. The lowest BCUT2D eigenvalue weighted by molar-refractivity contribution is -0.123. The van der Waals surface area contributed by atoms with Gasteiger partial charge in [0.2, 0.25) is 0 Å². The first-order valence-electron chi connectivity index (χ1n) is 6.85. The maximum atomic E-state index is 11.5. The minimum atomic E-state index is -0.108. The average Bonchev–Trinajstić information content (AvgIpc) is 2.45. The highest BCUT2D eigenvalue weighted by molar-refractivity contribution is 5.77. The zero-order valence-electron chi connectivity index (χ0n) is 11.5. The van der Waals surface area contributed by atoms with Gasteiger partial charge in [-0.2, -0.15) is 0 Å². The molecule has 1 rings (SSSR count). The number of benzene rings is 1. The Kier molecular flexibility index (Phi) is 7.66.